The lowest BCUT2D eigenvalue weighted by molar-refractivity contribution is -0.0704. The predicted octanol–water partition coefficient (Wildman–Crippen LogP) is 0.234. The molecule has 46 valence electrons. The van der Waals surface area contributed by atoms with E-state index in [2.05, 4.69) is 11.5 Å². The monoisotopic (exact) mass is 115 g/mol. The van der Waals surface area contributed by atoms with Gasteiger partial charge in [0.25, 0.3) is 0 Å². The Morgan fingerprint density at radius 1 is 2.00 bits per heavy atom. The molecule has 0 saturated carbocycles. The molecule has 0 rings (SSSR count). The van der Waals surface area contributed by atoms with Gasteiger partial charge in [-0.05, 0) is 6.92 Å². The van der Waals surface area contributed by atoms with Gasteiger partial charge in [0.15, 0.2) is 0 Å². The van der Waals surface area contributed by atoms with E-state index in [1.165, 1.54) is 0 Å². The number of rotatable bonds is 3. The molecule has 0 fully saturated rings. The topological polar surface area (TPSA) is 62.3 Å². The highest BCUT2D eigenvalue weighted by Crippen LogP contribution is 1.92. The smallest absolute Gasteiger partial charge is 0.115 e. The van der Waals surface area contributed by atoms with Gasteiger partial charge in [-0.2, -0.15) is 15.9 Å². The van der Waals surface area contributed by atoms with E-state index in [1.807, 2.05) is 0 Å². The van der Waals surface area contributed by atoms with Crippen molar-refractivity contribution >= 4 is 6.34 Å². The van der Waals surface area contributed by atoms with E-state index < -0.39 is 0 Å². The van der Waals surface area contributed by atoms with Crippen LogP contribution in [-0.2, 0) is 4.94 Å². The molecule has 3 N–H and O–H groups in total. The summed E-state index contributed by atoms with van der Waals surface area (Å²) in [6.07, 6.45) is 0.933. The first-order valence-corrected chi connectivity index (χ1v) is 2.04. The van der Waals surface area contributed by atoms with Gasteiger partial charge >= 0.3 is 0 Å². The molecule has 0 amide bonds. The first kappa shape index (κ1) is 7.13. The molecule has 0 aromatic carbocycles. The molecule has 0 saturated heterocycles. The SMILES string of the molecule is C=C(C)N(C=N)ON. The van der Waals surface area contributed by atoms with Crippen LogP contribution in [0, 0.1) is 5.41 Å². The molecule has 0 aromatic heterocycles. The number of nitrogens with two attached hydrogens (primary N) is 1. The van der Waals surface area contributed by atoms with Gasteiger partial charge in [0, 0.05) is 5.70 Å². The molecule has 8 heavy (non-hydrogen) atoms. The Hall–Kier alpha value is -0.870. The first-order chi connectivity index (χ1) is 3.72. The highest BCUT2D eigenvalue weighted by molar-refractivity contribution is 5.51. The lowest BCUT2D eigenvalue weighted by Crippen LogP contribution is -2.22. The average Bonchev–Trinajstić information content (AvgIpc) is 1.69. The summed E-state index contributed by atoms with van der Waals surface area (Å²) < 4.78 is 0. The van der Waals surface area contributed by atoms with Crippen LogP contribution in [0.3, 0.4) is 0 Å². The molecule has 0 unspecified atom stereocenters. The number of hydrogen-bond donors (Lipinski definition) is 2. The zero-order valence-electron chi connectivity index (χ0n) is 4.72. The number of hydroxylamine groups is 2. The van der Waals surface area contributed by atoms with E-state index in [0.717, 1.165) is 11.4 Å². The third-order valence-corrected chi connectivity index (χ3v) is 0.607. The molecule has 4 nitrogen and oxygen atoms in total. The summed E-state index contributed by atoms with van der Waals surface area (Å²) in [4.78, 5) is 4.15. The van der Waals surface area contributed by atoms with Gasteiger partial charge < -0.3 is 0 Å². The fourth-order valence-corrected chi connectivity index (χ4v) is 0.231. The van der Waals surface area contributed by atoms with Gasteiger partial charge in [0.2, 0.25) is 0 Å². The van der Waals surface area contributed by atoms with Crippen molar-refractivity contribution in [2.24, 2.45) is 5.90 Å². The van der Waals surface area contributed by atoms with Crippen molar-refractivity contribution < 1.29 is 4.94 Å². The van der Waals surface area contributed by atoms with Crippen LogP contribution in [-0.4, -0.2) is 11.4 Å². The van der Waals surface area contributed by atoms with Crippen LogP contribution >= 0.6 is 0 Å². The third-order valence-electron chi connectivity index (χ3n) is 0.607. The van der Waals surface area contributed by atoms with E-state index in [4.69, 9.17) is 11.3 Å². The van der Waals surface area contributed by atoms with Crippen molar-refractivity contribution in [2.45, 2.75) is 6.92 Å². The highest BCUT2D eigenvalue weighted by Gasteiger charge is 1.93. The molecule has 0 bridgehead atoms. The van der Waals surface area contributed by atoms with Gasteiger partial charge in [-0.3, -0.25) is 5.41 Å². The molecule has 0 aromatic rings. The third kappa shape index (κ3) is 1.72. The number of nitrogens with one attached hydrogen (secondary N) is 1. The molecule has 0 atom stereocenters. The standard InChI is InChI=1S/C4H9N3O/c1-4(2)7(3-5)8-6/h3,5H,1,6H2,2H3. The fourth-order valence-electron chi connectivity index (χ4n) is 0.231. The molecule has 0 spiro atoms. The van der Waals surface area contributed by atoms with Crippen molar-refractivity contribution in [1.29, 1.82) is 5.41 Å². The van der Waals surface area contributed by atoms with Crippen LogP contribution in [0.4, 0.5) is 0 Å². The molecule has 4 heteroatoms. The number of nitrogens with zero attached hydrogens (tertiary/aromatic N) is 1. The van der Waals surface area contributed by atoms with E-state index in [9.17, 15) is 0 Å². The van der Waals surface area contributed by atoms with Crippen LogP contribution in [0.2, 0.25) is 0 Å². The van der Waals surface area contributed by atoms with Crippen LogP contribution in [0.5, 0.6) is 0 Å². The number of hydrogen-bond acceptors (Lipinski definition) is 3. The largest absolute Gasteiger partial charge is 0.289 e. The Morgan fingerprint density at radius 3 is 2.50 bits per heavy atom. The number of allylic oxidation sites excluding steroid dienone is 1. The van der Waals surface area contributed by atoms with Crippen molar-refractivity contribution in [2.75, 3.05) is 0 Å². The van der Waals surface area contributed by atoms with Gasteiger partial charge in [-0.15, -0.1) is 0 Å². The van der Waals surface area contributed by atoms with Crippen LogP contribution in [0.25, 0.3) is 0 Å². The normalized spacial score (nSPS) is 8.25. The Morgan fingerprint density at radius 2 is 2.50 bits per heavy atom. The second-order valence-corrected chi connectivity index (χ2v) is 1.30. The Kier molecular flexibility index (Phi) is 2.83. The maximum absolute atomic E-state index is 6.63. The lowest BCUT2D eigenvalue weighted by atomic mass is 10.6. The summed E-state index contributed by atoms with van der Waals surface area (Å²) in [5, 5.41) is 7.67. The van der Waals surface area contributed by atoms with Crippen LogP contribution in [0.15, 0.2) is 12.3 Å². The molecular weight excluding hydrogens is 106 g/mol. The van der Waals surface area contributed by atoms with E-state index >= 15 is 0 Å². The quantitative estimate of drug-likeness (QED) is 0.314. The maximum Gasteiger partial charge on any atom is 0.115 e. The fraction of sp³-hybridized carbons (Fsp3) is 0.250. The van der Waals surface area contributed by atoms with Crippen LogP contribution in [0.1, 0.15) is 6.92 Å². The zero-order valence-corrected chi connectivity index (χ0v) is 4.72. The van der Waals surface area contributed by atoms with Gasteiger partial charge in [0.1, 0.15) is 6.34 Å². The molecule has 0 aliphatic heterocycles. The van der Waals surface area contributed by atoms with Gasteiger partial charge in [-0.25, -0.2) is 0 Å². The van der Waals surface area contributed by atoms with Crippen molar-refractivity contribution in [1.82, 2.24) is 5.06 Å². The van der Waals surface area contributed by atoms with Crippen molar-refractivity contribution in [3.05, 3.63) is 12.3 Å². The second kappa shape index (κ2) is 3.17. The van der Waals surface area contributed by atoms with E-state index in [0.29, 0.717) is 5.70 Å². The van der Waals surface area contributed by atoms with Crippen LogP contribution < -0.4 is 5.90 Å². The minimum absolute atomic E-state index is 0.572. The van der Waals surface area contributed by atoms with E-state index in [-0.39, 0.29) is 0 Å². The molecule has 0 radical (unpaired) electrons. The first-order valence-electron chi connectivity index (χ1n) is 2.04. The van der Waals surface area contributed by atoms with Crippen molar-refractivity contribution in [3.8, 4) is 0 Å². The predicted molar refractivity (Wildman–Crippen MR) is 30.7 cm³/mol. The maximum atomic E-state index is 6.63. The summed E-state index contributed by atoms with van der Waals surface area (Å²) >= 11 is 0. The van der Waals surface area contributed by atoms with Crippen molar-refractivity contribution in [3.63, 3.8) is 0 Å². The van der Waals surface area contributed by atoms with Gasteiger partial charge in [0.05, 0.1) is 0 Å². The molecule has 0 heterocycles. The summed E-state index contributed by atoms with van der Waals surface area (Å²) in [5.74, 6) is 4.70. The second-order valence-electron chi connectivity index (χ2n) is 1.30. The summed E-state index contributed by atoms with van der Waals surface area (Å²) in [6.45, 7) is 5.15. The average molecular weight is 115 g/mol. The highest BCUT2D eigenvalue weighted by atomic mass is 16.8. The van der Waals surface area contributed by atoms with Gasteiger partial charge in [-0.1, -0.05) is 6.58 Å². The Labute approximate surface area is 48.0 Å². The zero-order chi connectivity index (χ0) is 6.57. The molecule has 0 aliphatic rings. The minimum atomic E-state index is 0.572. The Bertz CT molecular complexity index is 101. The summed E-state index contributed by atoms with van der Waals surface area (Å²) in [7, 11) is 0. The Balaban J connectivity index is 3.69. The summed E-state index contributed by atoms with van der Waals surface area (Å²) in [6, 6.07) is 0. The summed E-state index contributed by atoms with van der Waals surface area (Å²) in [5.41, 5.74) is 0.572. The molecule has 0 aliphatic carbocycles. The molecular formula is C4H9N3O. The van der Waals surface area contributed by atoms with E-state index in [1.54, 1.807) is 6.92 Å². The lowest BCUT2D eigenvalue weighted by Gasteiger charge is -2.11. The minimum Gasteiger partial charge on any atom is -0.289 e.